The monoisotopic (exact) mass is 342 g/mol. The van der Waals surface area contributed by atoms with Gasteiger partial charge in [0.2, 0.25) is 0 Å². The van der Waals surface area contributed by atoms with Gasteiger partial charge in [-0.1, -0.05) is 30.3 Å². The summed E-state index contributed by atoms with van der Waals surface area (Å²) in [6.07, 6.45) is 0. The zero-order chi connectivity index (χ0) is 16.4. The van der Waals surface area contributed by atoms with E-state index in [0.717, 1.165) is 5.30 Å². The normalized spacial score (nSPS) is 9.96. The third kappa shape index (κ3) is 4.70. The first-order valence-electron chi connectivity index (χ1n) is 6.54. The second-order valence-corrected chi connectivity index (χ2v) is 6.59. The molecule has 2 aromatic heterocycles. The Hall–Kier alpha value is -1.66. The van der Waals surface area contributed by atoms with E-state index in [1.807, 2.05) is 30.3 Å². The summed E-state index contributed by atoms with van der Waals surface area (Å²) >= 11 is 0. The molecule has 0 amide bonds. The number of rotatable bonds is 5. The number of carboxylic acid groups (broad SMARTS) is 2. The van der Waals surface area contributed by atoms with Crippen molar-refractivity contribution >= 4 is 36.2 Å². The van der Waals surface area contributed by atoms with Gasteiger partial charge in [0.05, 0.1) is 7.92 Å². The molecule has 0 saturated carbocycles. The third-order valence-electron chi connectivity index (χ3n) is 3.04. The van der Waals surface area contributed by atoms with E-state index in [9.17, 15) is 19.8 Å². The smallest absolute Gasteiger partial charge is 0.542 e. The average molecular weight is 342 g/mol. The molecule has 0 fully saturated rings. The van der Waals surface area contributed by atoms with E-state index < -0.39 is 19.9 Å². The predicted octanol–water partition coefficient (Wildman–Crippen LogP) is -6.63. The van der Waals surface area contributed by atoms with Crippen LogP contribution in [0.1, 0.15) is 21.1 Å². The fourth-order valence-electron chi connectivity index (χ4n) is 2.06. The van der Waals surface area contributed by atoms with E-state index in [1.54, 1.807) is 0 Å². The van der Waals surface area contributed by atoms with Crippen molar-refractivity contribution in [2.75, 3.05) is 0 Å². The number of aromatic carboxylic acids is 2. The Morgan fingerprint density at radius 2 is 1.16 bits per heavy atom. The molecule has 0 aliphatic rings. The van der Waals surface area contributed by atoms with Crippen molar-refractivity contribution < 1.29 is 66.4 Å². The molecule has 0 N–H and O–H groups in total. The second kappa shape index (κ2) is 9.16. The van der Waals surface area contributed by atoms with Crippen LogP contribution >= 0.6 is 7.92 Å². The van der Waals surface area contributed by atoms with Crippen LogP contribution in [0.15, 0.2) is 63.4 Å². The zero-order valence-corrected chi connectivity index (χ0v) is 14.5. The molecule has 25 heavy (non-hydrogen) atoms. The zero-order valence-electron chi connectivity index (χ0n) is 13.6. The van der Waals surface area contributed by atoms with Gasteiger partial charge in [0.15, 0.2) is 0 Å². The number of hydrogen-bond donors (Lipinski definition) is 0. The van der Waals surface area contributed by atoms with Crippen molar-refractivity contribution in [1.82, 2.24) is 0 Å². The number of carbonyl (C=O) groups excluding carboxylic acids is 2. The molecule has 0 bridgehead atoms. The first kappa shape index (κ1) is 21.4. The molecule has 116 valence electrons. The fourth-order valence-corrected chi connectivity index (χ4v) is 4.08. The van der Waals surface area contributed by atoms with Crippen LogP contribution in [0.25, 0.3) is 0 Å². The maximum atomic E-state index is 10.9. The number of furan rings is 2. The maximum absolute atomic E-state index is 10.9. The van der Waals surface area contributed by atoms with E-state index in [4.69, 9.17) is 8.83 Å². The van der Waals surface area contributed by atoms with E-state index in [1.165, 1.54) is 24.3 Å². The quantitative estimate of drug-likeness (QED) is 0.337. The molecule has 9 heteroatoms. The van der Waals surface area contributed by atoms with Crippen molar-refractivity contribution in [3.8, 4) is 0 Å². The van der Waals surface area contributed by atoms with E-state index in [2.05, 4.69) is 0 Å². The molecule has 0 unspecified atom stereocenters. The van der Waals surface area contributed by atoms with Crippen molar-refractivity contribution in [2.45, 2.75) is 0 Å². The van der Waals surface area contributed by atoms with Gasteiger partial charge in [-0.15, -0.1) is 0 Å². The van der Waals surface area contributed by atoms with Crippen LogP contribution in [0, 0.1) is 0 Å². The fraction of sp³-hybridized carbons (Fsp3) is 0. The number of benzene rings is 1. The molecule has 0 aliphatic carbocycles. The largest absolute Gasteiger partial charge is 1.00 e. The molecule has 3 rings (SSSR count). The Bertz CT molecular complexity index is 806. The Kier molecular flexibility index (Phi) is 7.83. The molecule has 0 spiro atoms. The number of carbonyl (C=O) groups is 2. The van der Waals surface area contributed by atoms with Crippen molar-refractivity contribution in [3.63, 3.8) is 0 Å². The minimum Gasteiger partial charge on any atom is -0.542 e. The van der Waals surface area contributed by atoms with Gasteiger partial charge in [0.1, 0.15) is 34.5 Å². The van der Waals surface area contributed by atoms with Gasteiger partial charge in [0, 0.05) is 0 Å². The summed E-state index contributed by atoms with van der Waals surface area (Å²) < 4.78 is 10.7. The SMILES string of the molecule is O=C([O-])c1ccc(P(c2ccccc2)c2ccc(C(=O)[O-])o2)o1.[Li+].[Li+]. The van der Waals surface area contributed by atoms with E-state index >= 15 is 0 Å². The van der Waals surface area contributed by atoms with E-state index in [0.29, 0.717) is 11.0 Å². The van der Waals surface area contributed by atoms with Crippen molar-refractivity contribution in [1.29, 1.82) is 0 Å². The standard InChI is InChI=1S/C16H11O6P.2Li/c17-15(18)11-6-8-13(21-11)23(10-4-2-1-3-5-10)14-9-7-12(22-14)16(19)20;;/h1-9H,(H,17,18)(H,19,20);;/q;2*+1/p-2. The molecule has 6 nitrogen and oxygen atoms in total. The second-order valence-electron chi connectivity index (χ2n) is 4.52. The first-order chi connectivity index (χ1) is 11.1. The van der Waals surface area contributed by atoms with Gasteiger partial charge >= 0.3 is 37.7 Å². The summed E-state index contributed by atoms with van der Waals surface area (Å²) in [5, 5.41) is 22.6. The molecule has 1 aromatic carbocycles. The number of hydrogen-bond acceptors (Lipinski definition) is 6. The summed E-state index contributed by atoms with van der Waals surface area (Å²) in [5.41, 5.74) is 0.731. The van der Waals surface area contributed by atoms with Gasteiger partial charge in [0.25, 0.3) is 0 Å². The van der Waals surface area contributed by atoms with E-state index in [-0.39, 0.29) is 49.2 Å². The van der Waals surface area contributed by atoms with Crippen molar-refractivity contribution in [3.05, 3.63) is 66.1 Å². The van der Waals surface area contributed by atoms with Gasteiger partial charge in [-0.3, -0.25) is 0 Å². The molecule has 0 saturated heterocycles. The topological polar surface area (TPSA) is 107 Å². The Balaban J connectivity index is 0.00000156. The molecular formula is C16H9Li2O6P. The molecule has 0 radical (unpaired) electrons. The Labute approximate surface area is 168 Å². The van der Waals surface area contributed by atoms with Crippen LogP contribution in [0.3, 0.4) is 0 Å². The van der Waals surface area contributed by atoms with Crippen molar-refractivity contribution in [2.24, 2.45) is 0 Å². The van der Waals surface area contributed by atoms with Gasteiger partial charge in [-0.2, -0.15) is 0 Å². The summed E-state index contributed by atoms with van der Waals surface area (Å²) in [6, 6.07) is 14.8. The Morgan fingerprint density at radius 3 is 1.52 bits per heavy atom. The van der Waals surface area contributed by atoms with Crippen LogP contribution < -0.4 is 64.2 Å². The molecular weight excluding hydrogens is 333 g/mol. The summed E-state index contributed by atoms with van der Waals surface area (Å²) in [7, 11) is -1.37. The molecule has 0 atom stereocenters. The number of carboxylic acids is 2. The predicted molar refractivity (Wildman–Crippen MR) is 78.3 cm³/mol. The van der Waals surface area contributed by atoms with Gasteiger partial charge in [-0.25, -0.2) is 0 Å². The Morgan fingerprint density at radius 1 is 0.720 bits per heavy atom. The molecule has 3 aromatic rings. The average Bonchev–Trinajstić information content (AvgIpc) is 3.19. The minimum absolute atomic E-state index is 0. The van der Waals surface area contributed by atoms with Crippen LogP contribution in [-0.4, -0.2) is 11.9 Å². The van der Waals surface area contributed by atoms with Crippen LogP contribution in [-0.2, 0) is 0 Å². The third-order valence-corrected chi connectivity index (χ3v) is 5.22. The first-order valence-corrected chi connectivity index (χ1v) is 7.88. The van der Waals surface area contributed by atoms with Crippen LogP contribution in [0.2, 0.25) is 0 Å². The molecule has 0 aliphatic heterocycles. The van der Waals surface area contributed by atoms with Crippen LogP contribution in [0.4, 0.5) is 0 Å². The van der Waals surface area contributed by atoms with Gasteiger partial charge < -0.3 is 28.6 Å². The summed E-state index contributed by atoms with van der Waals surface area (Å²) in [6.45, 7) is 0. The minimum atomic E-state index is -1.42. The molecule has 2 heterocycles. The summed E-state index contributed by atoms with van der Waals surface area (Å²) in [4.78, 5) is 21.8. The van der Waals surface area contributed by atoms with Gasteiger partial charge in [-0.05, 0) is 29.6 Å². The van der Waals surface area contributed by atoms with Crippen LogP contribution in [0.5, 0.6) is 0 Å². The maximum Gasteiger partial charge on any atom is 1.00 e. The summed E-state index contributed by atoms with van der Waals surface area (Å²) in [5.74, 6) is -3.44.